The van der Waals surface area contributed by atoms with Crippen LogP contribution in [0.15, 0.2) is 12.1 Å². The molecule has 1 saturated heterocycles. The van der Waals surface area contributed by atoms with Crippen molar-refractivity contribution in [3.63, 3.8) is 0 Å². The fourth-order valence-corrected chi connectivity index (χ4v) is 4.69. The molecule has 2 fully saturated rings. The largest absolute Gasteiger partial charge is 0.362 e. The number of ether oxygens (including phenoxy) is 1. The van der Waals surface area contributed by atoms with Crippen LogP contribution in [0, 0.1) is 5.92 Å². The second-order valence-electron chi connectivity index (χ2n) is 7.01. The molecule has 0 radical (unpaired) electrons. The standard InChI is InChI=1S/C18H27NO2S/c1-4-5-6-13-7-8-16(22-13)14-9-15(14)17(20)18(3)11-19-10-12(2)21-18/h7-8,12,14-15,19H,4-6,9-11H2,1-3H3. The van der Waals surface area contributed by atoms with Gasteiger partial charge in [0, 0.05) is 34.7 Å². The van der Waals surface area contributed by atoms with E-state index >= 15 is 0 Å². The molecule has 4 atom stereocenters. The molecule has 1 saturated carbocycles. The van der Waals surface area contributed by atoms with Crippen molar-refractivity contribution < 1.29 is 9.53 Å². The molecule has 3 nitrogen and oxygen atoms in total. The maximum Gasteiger partial charge on any atom is 0.169 e. The Kier molecular flexibility index (Phi) is 4.72. The Morgan fingerprint density at radius 2 is 2.32 bits per heavy atom. The molecule has 1 aliphatic heterocycles. The minimum absolute atomic E-state index is 0.113. The Morgan fingerprint density at radius 1 is 1.50 bits per heavy atom. The first-order chi connectivity index (χ1) is 10.5. The van der Waals surface area contributed by atoms with Gasteiger partial charge in [-0.15, -0.1) is 11.3 Å². The molecule has 1 aromatic rings. The number of rotatable bonds is 6. The maximum absolute atomic E-state index is 12.8. The highest BCUT2D eigenvalue weighted by atomic mass is 32.1. The lowest BCUT2D eigenvalue weighted by molar-refractivity contribution is -0.155. The SMILES string of the molecule is CCCCc1ccc(C2CC2C(=O)C2(C)CNCC(C)O2)s1. The van der Waals surface area contributed by atoms with Crippen LogP contribution in [0.1, 0.15) is 55.7 Å². The van der Waals surface area contributed by atoms with Crippen LogP contribution in [-0.4, -0.2) is 30.6 Å². The van der Waals surface area contributed by atoms with Crippen LogP contribution in [0.4, 0.5) is 0 Å². The lowest BCUT2D eigenvalue weighted by atomic mass is 9.94. The van der Waals surface area contributed by atoms with Crippen LogP contribution in [0.2, 0.25) is 0 Å². The van der Waals surface area contributed by atoms with Gasteiger partial charge in [0.1, 0.15) is 5.60 Å². The summed E-state index contributed by atoms with van der Waals surface area (Å²) in [5.41, 5.74) is -0.640. The maximum atomic E-state index is 12.8. The van der Waals surface area contributed by atoms with E-state index < -0.39 is 5.60 Å². The summed E-state index contributed by atoms with van der Waals surface area (Å²) in [4.78, 5) is 15.7. The highest BCUT2D eigenvalue weighted by Crippen LogP contribution is 2.52. The molecule has 4 unspecified atom stereocenters. The minimum atomic E-state index is -0.640. The number of hydrogen-bond donors (Lipinski definition) is 1. The Hall–Kier alpha value is -0.710. The predicted octanol–water partition coefficient (Wildman–Crippen LogP) is 3.53. The van der Waals surface area contributed by atoms with Crippen molar-refractivity contribution in [1.82, 2.24) is 5.32 Å². The van der Waals surface area contributed by atoms with E-state index in [1.54, 1.807) is 0 Å². The van der Waals surface area contributed by atoms with Gasteiger partial charge in [0.05, 0.1) is 6.10 Å². The third-order valence-corrected chi connectivity index (χ3v) is 6.11. The number of aryl methyl sites for hydroxylation is 1. The summed E-state index contributed by atoms with van der Waals surface area (Å²) < 4.78 is 5.97. The highest BCUT2D eigenvalue weighted by molar-refractivity contribution is 7.12. The first-order valence-electron chi connectivity index (χ1n) is 8.55. The number of hydrogen-bond acceptors (Lipinski definition) is 4. The van der Waals surface area contributed by atoms with Crippen molar-refractivity contribution in [3.05, 3.63) is 21.9 Å². The third kappa shape index (κ3) is 3.29. The smallest absolute Gasteiger partial charge is 0.169 e. The van der Waals surface area contributed by atoms with Crippen molar-refractivity contribution in [2.45, 2.75) is 64.1 Å². The van der Waals surface area contributed by atoms with Crippen LogP contribution in [0.25, 0.3) is 0 Å². The van der Waals surface area contributed by atoms with Gasteiger partial charge in [-0.3, -0.25) is 4.79 Å². The average Bonchev–Trinajstić information content (AvgIpc) is 3.14. The van der Waals surface area contributed by atoms with Gasteiger partial charge in [-0.05, 0) is 45.2 Å². The number of nitrogens with one attached hydrogen (secondary N) is 1. The third-order valence-electron chi connectivity index (χ3n) is 4.83. The van der Waals surface area contributed by atoms with Gasteiger partial charge in [0.15, 0.2) is 5.78 Å². The molecule has 22 heavy (non-hydrogen) atoms. The summed E-state index contributed by atoms with van der Waals surface area (Å²) in [5.74, 6) is 0.889. The molecule has 4 heteroatoms. The van der Waals surface area contributed by atoms with Gasteiger partial charge in [0.25, 0.3) is 0 Å². The normalized spacial score (nSPS) is 34.6. The van der Waals surface area contributed by atoms with Gasteiger partial charge in [-0.2, -0.15) is 0 Å². The van der Waals surface area contributed by atoms with E-state index in [0.717, 1.165) is 13.0 Å². The molecule has 1 aromatic heterocycles. The van der Waals surface area contributed by atoms with Crippen molar-refractivity contribution in [3.8, 4) is 0 Å². The van der Waals surface area contributed by atoms with Gasteiger partial charge >= 0.3 is 0 Å². The zero-order valence-corrected chi connectivity index (χ0v) is 14.7. The van der Waals surface area contributed by atoms with Crippen molar-refractivity contribution in [1.29, 1.82) is 0 Å². The molecule has 122 valence electrons. The lowest BCUT2D eigenvalue weighted by Crippen LogP contribution is -2.56. The summed E-state index contributed by atoms with van der Waals surface area (Å²) in [6.07, 6.45) is 4.78. The first kappa shape index (κ1) is 16.2. The molecular weight excluding hydrogens is 294 g/mol. The molecule has 1 aliphatic carbocycles. The second-order valence-corrected chi connectivity index (χ2v) is 8.21. The Morgan fingerprint density at radius 3 is 3.05 bits per heavy atom. The second kappa shape index (κ2) is 6.42. The molecule has 2 aliphatic rings. The summed E-state index contributed by atoms with van der Waals surface area (Å²) >= 11 is 1.90. The molecule has 1 N–H and O–H groups in total. The fourth-order valence-electron chi connectivity index (χ4n) is 3.46. The number of carbonyl (C=O) groups excluding carboxylic acids is 1. The fraction of sp³-hybridized carbons (Fsp3) is 0.722. The van der Waals surface area contributed by atoms with E-state index in [4.69, 9.17) is 4.74 Å². The van der Waals surface area contributed by atoms with Crippen LogP contribution in [0.5, 0.6) is 0 Å². The number of Topliss-reactive ketones (excluding diaryl/α,β-unsaturated/α-hetero) is 1. The predicted molar refractivity (Wildman–Crippen MR) is 90.6 cm³/mol. The zero-order chi connectivity index (χ0) is 15.7. The van der Waals surface area contributed by atoms with E-state index in [0.29, 0.717) is 18.2 Å². The van der Waals surface area contributed by atoms with Gasteiger partial charge in [0.2, 0.25) is 0 Å². The summed E-state index contributed by atoms with van der Waals surface area (Å²) in [5, 5.41) is 3.33. The van der Waals surface area contributed by atoms with E-state index in [2.05, 4.69) is 24.4 Å². The van der Waals surface area contributed by atoms with E-state index in [-0.39, 0.29) is 12.0 Å². The van der Waals surface area contributed by atoms with E-state index in [1.807, 2.05) is 25.2 Å². The highest BCUT2D eigenvalue weighted by Gasteiger charge is 2.52. The van der Waals surface area contributed by atoms with Crippen LogP contribution in [0.3, 0.4) is 0 Å². The monoisotopic (exact) mass is 321 g/mol. The summed E-state index contributed by atoms with van der Waals surface area (Å²) in [6.45, 7) is 7.69. The zero-order valence-electron chi connectivity index (χ0n) is 13.9. The average molecular weight is 321 g/mol. The molecule has 3 rings (SSSR count). The van der Waals surface area contributed by atoms with Crippen molar-refractivity contribution in [2.24, 2.45) is 5.92 Å². The number of thiophene rings is 1. The number of carbonyl (C=O) groups is 1. The van der Waals surface area contributed by atoms with Crippen LogP contribution < -0.4 is 5.32 Å². The van der Waals surface area contributed by atoms with E-state index in [1.165, 1.54) is 29.0 Å². The van der Waals surface area contributed by atoms with Gasteiger partial charge in [-0.25, -0.2) is 0 Å². The molecule has 0 spiro atoms. The number of morpholine rings is 1. The minimum Gasteiger partial charge on any atom is -0.362 e. The van der Waals surface area contributed by atoms with Gasteiger partial charge < -0.3 is 10.1 Å². The Balaban J connectivity index is 1.61. The van der Waals surface area contributed by atoms with E-state index in [9.17, 15) is 4.79 Å². The summed E-state index contributed by atoms with van der Waals surface area (Å²) in [7, 11) is 0. The van der Waals surface area contributed by atoms with Crippen LogP contribution >= 0.6 is 11.3 Å². The van der Waals surface area contributed by atoms with Crippen molar-refractivity contribution in [2.75, 3.05) is 13.1 Å². The lowest BCUT2D eigenvalue weighted by Gasteiger charge is -2.37. The summed E-state index contributed by atoms with van der Waals surface area (Å²) in [6, 6.07) is 4.48. The van der Waals surface area contributed by atoms with Gasteiger partial charge in [-0.1, -0.05) is 13.3 Å². The first-order valence-corrected chi connectivity index (χ1v) is 9.36. The quantitative estimate of drug-likeness (QED) is 0.871. The number of ketones is 1. The molecule has 2 heterocycles. The Labute approximate surface area is 137 Å². The van der Waals surface area contributed by atoms with Crippen LogP contribution in [-0.2, 0) is 16.0 Å². The molecule has 0 aromatic carbocycles. The Bertz CT molecular complexity index is 541. The van der Waals surface area contributed by atoms with Crippen molar-refractivity contribution >= 4 is 17.1 Å². The molecule has 0 bridgehead atoms. The number of unbranched alkanes of at least 4 members (excludes halogenated alkanes) is 1. The molecule has 0 amide bonds. The molecular formula is C18H27NO2S. The topological polar surface area (TPSA) is 38.3 Å².